The number of fused-ring (bicyclic) bond motifs is 8. The first-order chi connectivity index (χ1) is 15.0. The van der Waals surface area contributed by atoms with E-state index >= 15 is 0 Å². The minimum Gasteiger partial charge on any atom is -0.388 e. The average Bonchev–Trinajstić information content (AvgIpc) is 3.11. The molecule has 0 bridgehead atoms. The maximum Gasteiger partial charge on any atom is 0.137 e. The minimum absolute atomic E-state index is 0.125. The lowest BCUT2D eigenvalue weighted by Crippen LogP contribution is -2.67. The number of nitrogens with zero attached hydrogens (tertiary/aromatic N) is 1. The van der Waals surface area contributed by atoms with E-state index in [2.05, 4.69) is 25.7 Å². The van der Waals surface area contributed by atoms with Crippen LogP contribution in [0.25, 0.3) is 0 Å². The van der Waals surface area contributed by atoms with Crippen molar-refractivity contribution in [2.45, 2.75) is 99.9 Å². The summed E-state index contributed by atoms with van der Waals surface area (Å²) in [5.74, 6) is 5.34. The molecule has 32 heavy (non-hydrogen) atoms. The van der Waals surface area contributed by atoms with Crippen LogP contribution in [0.3, 0.4) is 0 Å². The quantitative estimate of drug-likeness (QED) is 0.371. The normalized spacial score (nSPS) is 59.3. The molecule has 2 heterocycles. The number of piperidine rings is 2. The van der Waals surface area contributed by atoms with E-state index in [1.807, 2.05) is 0 Å². The molecule has 0 radical (unpaired) electrons. The molecule has 1 N–H and O–H groups in total. The smallest absolute Gasteiger partial charge is 0.137 e. The molecular formula is C27H42Cl3NO. The minimum atomic E-state index is -0.790. The number of rotatable bonds is 0. The fraction of sp³-hybridized carbons (Fsp3) is 1.00. The van der Waals surface area contributed by atoms with Crippen LogP contribution in [0.1, 0.15) is 78.6 Å². The highest BCUT2D eigenvalue weighted by molar-refractivity contribution is 6.52. The van der Waals surface area contributed by atoms with Crippen LogP contribution in [0.4, 0.5) is 0 Å². The fourth-order valence-electron chi connectivity index (χ4n) is 10.6. The summed E-state index contributed by atoms with van der Waals surface area (Å²) in [4.78, 5) is 2.70. The first-order valence-electron chi connectivity index (χ1n) is 13.5. The second-order valence-corrected chi connectivity index (χ2v) is 15.3. The Bertz CT molecular complexity index is 757. The summed E-state index contributed by atoms with van der Waals surface area (Å²) < 4.78 is -0.790. The highest BCUT2D eigenvalue weighted by atomic mass is 35.5. The van der Waals surface area contributed by atoms with Crippen molar-refractivity contribution in [2.75, 3.05) is 13.1 Å². The van der Waals surface area contributed by atoms with Gasteiger partial charge in [0.2, 0.25) is 0 Å². The van der Waals surface area contributed by atoms with Gasteiger partial charge in [0.1, 0.15) is 4.33 Å². The molecule has 4 saturated carbocycles. The molecule has 0 unspecified atom stereocenters. The van der Waals surface area contributed by atoms with Crippen molar-refractivity contribution < 1.29 is 5.11 Å². The number of hydrogen-bond acceptors (Lipinski definition) is 2. The second-order valence-electron chi connectivity index (χ2n) is 13.4. The first kappa shape index (κ1) is 23.2. The number of alkyl halides is 3. The second kappa shape index (κ2) is 7.64. The van der Waals surface area contributed by atoms with Gasteiger partial charge in [0.15, 0.2) is 0 Å². The first-order valence-corrected chi connectivity index (χ1v) is 14.7. The molecule has 0 aromatic rings. The van der Waals surface area contributed by atoms with Gasteiger partial charge in [0.05, 0.1) is 11.0 Å². The predicted molar refractivity (Wildman–Crippen MR) is 133 cm³/mol. The van der Waals surface area contributed by atoms with Crippen LogP contribution in [-0.4, -0.2) is 44.4 Å². The standard InChI is InChI=1S/C27H42Cl3NO/c1-15-4-9-24-26(3,32)20-7-5-16-17-6-8-22-25(2,11-10-23(28)27(22,29)30)21(17)12-18(16)19(20)14-31(24)13-15/h15-24,32H,4-14H2,1-3H3/t15-,16-,17+,18-,19-,20-,21-,22+,23-,24-,25+,26-/m0/s1. The van der Waals surface area contributed by atoms with Crippen molar-refractivity contribution in [1.29, 1.82) is 0 Å². The van der Waals surface area contributed by atoms with Crippen molar-refractivity contribution >= 4 is 34.8 Å². The van der Waals surface area contributed by atoms with Crippen LogP contribution in [0.5, 0.6) is 0 Å². The highest BCUT2D eigenvalue weighted by Crippen LogP contribution is 2.70. The van der Waals surface area contributed by atoms with Crippen LogP contribution in [0, 0.1) is 52.8 Å². The van der Waals surface area contributed by atoms with Gasteiger partial charge >= 0.3 is 0 Å². The third-order valence-corrected chi connectivity index (χ3v) is 13.9. The molecule has 2 aliphatic heterocycles. The van der Waals surface area contributed by atoms with Gasteiger partial charge in [-0.05, 0) is 117 Å². The van der Waals surface area contributed by atoms with Gasteiger partial charge in [-0.3, -0.25) is 4.90 Å². The van der Waals surface area contributed by atoms with Crippen LogP contribution < -0.4 is 0 Å². The molecule has 182 valence electrons. The maximum absolute atomic E-state index is 11.9. The van der Waals surface area contributed by atoms with Crippen molar-refractivity contribution in [2.24, 2.45) is 52.8 Å². The Kier molecular flexibility index (Phi) is 5.54. The van der Waals surface area contributed by atoms with Gasteiger partial charge in [-0.2, -0.15) is 0 Å². The zero-order valence-electron chi connectivity index (χ0n) is 20.1. The zero-order valence-corrected chi connectivity index (χ0v) is 22.3. The Morgan fingerprint density at radius 1 is 0.812 bits per heavy atom. The summed E-state index contributed by atoms with van der Waals surface area (Å²) in [7, 11) is 0. The third kappa shape index (κ3) is 3.11. The van der Waals surface area contributed by atoms with Gasteiger partial charge in [-0.1, -0.05) is 37.0 Å². The van der Waals surface area contributed by atoms with Crippen LogP contribution in [0.2, 0.25) is 0 Å². The highest BCUT2D eigenvalue weighted by Gasteiger charge is 2.66. The number of halogens is 3. The SMILES string of the molecule is C[C@H]1CC[C@@H]2N(C1)C[C@H]1[C@H]3C[C@H]4[C@H](CC[C@H]5C(Cl)(Cl)[C@@H](Cl)CC[C@]45C)[C@@H]3CC[C@@H]1[C@]2(C)O. The summed E-state index contributed by atoms with van der Waals surface area (Å²) in [5.41, 5.74) is -0.323. The van der Waals surface area contributed by atoms with Gasteiger partial charge in [-0.25, -0.2) is 0 Å². The number of hydrogen-bond donors (Lipinski definition) is 1. The molecule has 2 nitrogen and oxygen atoms in total. The summed E-state index contributed by atoms with van der Waals surface area (Å²) in [6.07, 6.45) is 10.8. The molecule has 0 aromatic heterocycles. The molecule has 2 saturated heterocycles. The van der Waals surface area contributed by atoms with E-state index in [-0.39, 0.29) is 10.8 Å². The van der Waals surface area contributed by atoms with E-state index < -0.39 is 9.93 Å². The molecule has 0 aromatic carbocycles. The van der Waals surface area contributed by atoms with Crippen LogP contribution in [-0.2, 0) is 0 Å². The lowest BCUT2D eigenvalue weighted by molar-refractivity contribution is -0.175. The van der Waals surface area contributed by atoms with E-state index in [1.54, 1.807) is 0 Å². The fourth-order valence-corrected chi connectivity index (χ4v) is 11.8. The molecule has 0 amide bonds. The molecular weight excluding hydrogens is 461 g/mol. The molecule has 6 rings (SSSR count). The van der Waals surface area contributed by atoms with Crippen molar-refractivity contribution in [3.63, 3.8) is 0 Å². The van der Waals surface area contributed by atoms with E-state index in [0.717, 1.165) is 42.4 Å². The molecule has 5 heteroatoms. The Balaban J connectivity index is 1.30. The van der Waals surface area contributed by atoms with Gasteiger partial charge < -0.3 is 5.11 Å². The largest absolute Gasteiger partial charge is 0.388 e. The van der Waals surface area contributed by atoms with Crippen molar-refractivity contribution in [1.82, 2.24) is 4.90 Å². The molecule has 12 atom stereocenters. The van der Waals surface area contributed by atoms with Gasteiger partial charge in [0, 0.05) is 19.1 Å². The number of aliphatic hydroxyl groups is 1. The summed E-state index contributed by atoms with van der Waals surface area (Å²) in [6, 6.07) is 0.370. The third-order valence-electron chi connectivity index (χ3n) is 12.1. The molecule has 6 fully saturated rings. The topological polar surface area (TPSA) is 23.5 Å². The van der Waals surface area contributed by atoms with Crippen LogP contribution >= 0.6 is 34.8 Å². The molecule has 4 aliphatic carbocycles. The van der Waals surface area contributed by atoms with E-state index in [9.17, 15) is 5.11 Å². The van der Waals surface area contributed by atoms with Crippen molar-refractivity contribution in [3.8, 4) is 0 Å². The average molecular weight is 503 g/mol. The lowest BCUT2D eigenvalue weighted by Gasteiger charge is -2.60. The predicted octanol–water partition coefficient (Wildman–Crippen LogP) is 6.74. The van der Waals surface area contributed by atoms with E-state index in [0.29, 0.717) is 23.8 Å². The van der Waals surface area contributed by atoms with E-state index in [1.165, 1.54) is 58.0 Å². The Morgan fingerprint density at radius 3 is 2.34 bits per heavy atom. The summed E-state index contributed by atoms with van der Waals surface area (Å²) >= 11 is 20.6. The maximum atomic E-state index is 11.9. The lowest BCUT2D eigenvalue weighted by atomic mass is 9.52. The van der Waals surface area contributed by atoms with Gasteiger partial charge in [-0.15, -0.1) is 11.6 Å². The zero-order chi connectivity index (χ0) is 22.6. The molecule has 0 spiro atoms. The van der Waals surface area contributed by atoms with E-state index in [4.69, 9.17) is 34.8 Å². The Morgan fingerprint density at radius 2 is 1.56 bits per heavy atom. The Labute approximate surface area is 210 Å². The summed E-state index contributed by atoms with van der Waals surface area (Å²) in [6.45, 7) is 9.48. The van der Waals surface area contributed by atoms with Crippen LogP contribution in [0.15, 0.2) is 0 Å². The van der Waals surface area contributed by atoms with Crippen molar-refractivity contribution in [3.05, 3.63) is 0 Å². The summed E-state index contributed by atoms with van der Waals surface area (Å²) in [5, 5.41) is 11.7. The molecule has 6 aliphatic rings. The monoisotopic (exact) mass is 501 g/mol. The van der Waals surface area contributed by atoms with Gasteiger partial charge in [0.25, 0.3) is 0 Å². The Hall–Kier alpha value is 0.790.